The summed E-state index contributed by atoms with van der Waals surface area (Å²) in [7, 11) is 0. The number of hydrogen-bond acceptors (Lipinski definition) is 6. The lowest BCUT2D eigenvalue weighted by molar-refractivity contribution is -0.384. The van der Waals surface area contributed by atoms with Gasteiger partial charge in [0, 0.05) is 29.1 Å². The number of carbonyl (C=O) groups excluding carboxylic acids is 1. The Hall–Kier alpha value is -3.75. The van der Waals surface area contributed by atoms with Crippen LogP contribution in [0, 0.1) is 10.1 Å². The summed E-state index contributed by atoms with van der Waals surface area (Å²) < 4.78 is 5.88. The maximum atomic E-state index is 13.2. The van der Waals surface area contributed by atoms with Gasteiger partial charge in [-0.2, -0.15) is 0 Å². The normalized spacial score (nSPS) is 13.0. The zero-order valence-corrected chi connectivity index (χ0v) is 20.8. The second-order valence-corrected chi connectivity index (χ2v) is 9.93. The number of aryl methyl sites for hydroxylation is 1. The molecule has 2 heterocycles. The molecule has 36 heavy (non-hydrogen) atoms. The van der Waals surface area contributed by atoms with Gasteiger partial charge >= 0.3 is 0 Å². The van der Waals surface area contributed by atoms with E-state index in [9.17, 15) is 14.9 Å². The first-order chi connectivity index (χ1) is 17.5. The Balaban J connectivity index is 1.39. The average molecular weight is 520 g/mol. The number of nitrogens with zero attached hydrogens (tertiary/aromatic N) is 2. The van der Waals surface area contributed by atoms with Crippen molar-refractivity contribution in [1.29, 1.82) is 0 Å². The number of rotatable bonds is 7. The van der Waals surface area contributed by atoms with Gasteiger partial charge in [0.05, 0.1) is 21.7 Å². The van der Waals surface area contributed by atoms with E-state index in [1.165, 1.54) is 17.0 Å². The van der Waals surface area contributed by atoms with E-state index in [0.29, 0.717) is 34.2 Å². The summed E-state index contributed by atoms with van der Waals surface area (Å²) in [6.07, 6.45) is 5.59. The zero-order valence-electron chi connectivity index (χ0n) is 19.2. The van der Waals surface area contributed by atoms with Crippen LogP contribution < -0.4 is 5.32 Å². The molecule has 0 bridgehead atoms. The van der Waals surface area contributed by atoms with Crippen LogP contribution in [-0.4, -0.2) is 17.0 Å². The fourth-order valence-electron chi connectivity index (χ4n) is 4.25. The van der Waals surface area contributed by atoms with Crippen LogP contribution in [0.15, 0.2) is 70.1 Å². The van der Waals surface area contributed by atoms with Gasteiger partial charge in [-0.3, -0.25) is 14.9 Å². The van der Waals surface area contributed by atoms with Crippen molar-refractivity contribution in [3.05, 3.63) is 103 Å². The van der Waals surface area contributed by atoms with Gasteiger partial charge in [0.2, 0.25) is 0 Å². The molecule has 1 aliphatic carbocycles. The zero-order chi connectivity index (χ0) is 25.1. The van der Waals surface area contributed by atoms with Crippen molar-refractivity contribution in [3.63, 3.8) is 0 Å². The largest absolute Gasteiger partial charge is 0.455 e. The van der Waals surface area contributed by atoms with Crippen molar-refractivity contribution in [2.24, 2.45) is 4.99 Å². The van der Waals surface area contributed by atoms with Crippen LogP contribution >= 0.6 is 22.9 Å². The van der Waals surface area contributed by atoms with E-state index < -0.39 is 4.92 Å². The first kappa shape index (κ1) is 24.0. The van der Waals surface area contributed by atoms with Crippen molar-refractivity contribution in [3.8, 4) is 11.3 Å². The van der Waals surface area contributed by atoms with Crippen molar-refractivity contribution >= 4 is 45.7 Å². The topological polar surface area (TPSA) is 97.7 Å². The summed E-state index contributed by atoms with van der Waals surface area (Å²) in [5.74, 6) is 0.840. The molecule has 4 aromatic rings. The minimum Gasteiger partial charge on any atom is -0.455 e. The van der Waals surface area contributed by atoms with Gasteiger partial charge in [0.15, 0.2) is 0 Å². The quantitative estimate of drug-likeness (QED) is 0.159. The van der Waals surface area contributed by atoms with Crippen LogP contribution in [0.25, 0.3) is 11.3 Å². The Bertz CT molecular complexity index is 1460. The Kier molecular flexibility index (Phi) is 6.97. The summed E-state index contributed by atoms with van der Waals surface area (Å²) in [4.78, 5) is 29.5. The fourth-order valence-corrected chi connectivity index (χ4v) is 5.75. The number of thiophene rings is 1. The average Bonchev–Trinajstić information content (AvgIpc) is 3.51. The highest BCUT2D eigenvalue weighted by molar-refractivity contribution is 7.16. The first-order valence-electron chi connectivity index (χ1n) is 11.5. The number of amides is 1. The van der Waals surface area contributed by atoms with Crippen LogP contribution in [0.2, 0.25) is 5.02 Å². The van der Waals surface area contributed by atoms with Crippen LogP contribution in [0.3, 0.4) is 0 Å². The molecule has 0 saturated carbocycles. The van der Waals surface area contributed by atoms with Crippen molar-refractivity contribution < 1.29 is 14.1 Å². The number of furan rings is 1. The molecule has 1 N–H and O–H groups in total. The summed E-state index contributed by atoms with van der Waals surface area (Å²) in [6, 6.07) is 17.5. The number of nitro benzene ring substituents is 1. The van der Waals surface area contributed by atoms with E-state index in [4.69, 9.17) is 16.0 Å². The number of carbonyl (C=O) groups is 1. The Morgan fingerprint density at radius 2 is 1.94 bits per heavy atom. The van der Waals surface area contributed by atoms with E-state index in [0.717, 1.165) is 36.8 Å². The molecular formula is C27H22ClN3O4S. The molecule has 0 saturated heterocycles. The highest BCUT2D eigenvalue weighted by Gasteiger charge is 2.25. The number of halogens is 1. The maximum Gasteiger partial charge on any atom is 0.270 e. The molecule has 2 aromatic heterocycles. The summed E-state index contributed by atoms with van der Waals surface area (Å²) >= 11 is 7.79. The van der Waals surface area contributed by atoms with Gasteiger partial charge < -0.3 is 9.73 Å². The van der Waals surface area contributed by atoms with Crippen LogP contribution in [0.4, 0.5) is 10.7 Å². The molecule has 0 aliphatic heterocycles. The predicted molar refractivity (Wildman–Crippen MR) is 142 cm³/mol. The van der Waals surface area contributed by atoms with Gasteiger partial charge in [-0.05, 0) is 55.0 Å². The molecule has 0 fully saturated rings. The van der Waals surface area contributed by atoms with Crippen LogP contribution in [-0.2, 0) is 19.4 Å². The molecule has 9 heteroatoms. The number of non-ortho nitro benzene ring substituents is 1. The lowest BCUT2D eigenvalue weighted by atomic mass is 9.95. The molecular weight excluding hydrogens is 498 g/mol. The molecule has 0 spiro atoms. The second kappa shape index (κ2) is 10.5. The standard InChI is InChI=1S/C27H22ClN3O4S/c28-22-14-18(31(33)34)10-12-20(22)23-13-11-19(35-23)16-30-27-25(21-8-4-5-9-24(21)36-27)26(32)29-15-17-6-2-1-3-7-17/h1-3,6-7,10-14,16H,4-5,8-9,15H2,(H,29,32)/b30-16-. The lowest BCUT2D eigenvalue weighted by Crippen LogP contribution is -2.24. The van der Waals surface area contributed by atoms with Crippen molar-refractivity contribution in [2.45, 2.75) is 32.2 Å². The fraction of sp³-hybridized carbons (Fsp3) is 0.185. The van der Waals surface area contributed by atoms with E-state index in [1.807, 2.05) is 30.3 Å². The summed E-state index contributed by atoms with van der Waals surface area (Å²) in [5.41, 5.74) is 3.24. The van der Waals surface area contributed by atoms with Gasteiger partial charge in [-0.1, -0.05) is 41.9 Å². The van der Waals surface area contributed by atoms with Gasteiger partial charge in [0.1, 0.15) is 16.5 Å². The Morgan fingerprint density at radius 3 is 2.72 bits per heavy atom. The number of benzene rings is 2. The highest BCUT2D eigenvalue weighted by Crippen LogP contribution is 2.40. The van der Waals surface area contributed by atoms with E-state index in [1.54, 1.807) is 35.8 Å². The summed E-state index contributed by atoms with van der Waals surface area (Å²) in [5, 5.41) is 14.9. The molecule has 0 atom stereocenters. The molecule has 7 nitrogen and oxygen atoms in total. The minimum atomic E-state index is -0.496. The summed E-state index contributed by atoms with van der Waals surface area (Å²) in [6.45, 7) is 0.449. The third-order valence-electron chi connectivity index (χ3n) is 6.04. The third-order valence-corrected chi connectivity index (χ3v) is 7.55. The van der Waals surface area contributed by atoms with Gasteiger partial charge in [0.25, 0.3) is 11.6 Å². The molecule has 0 radical (unpaired) electrons. The number of fused-ring (bicyclic) bond motifs is 1. The van der Waals surface area contributed by atoms with Crippen LogP contribution in [0.1, 0.15) is 45.0 Å². The molecule has 2 aromatic carbocycles. The van der Waals surface area contributed by atoms with Crippen molar-refractivity contribution in [2.75, 3.05) is 0 Å². The van der Waals surface area contributed by atoms with Crippen LogP contribution in [0.5, 0.6) is 0 Å². The molecule has 1 aliphatic rings. The number of nitrogens with one attached hydrogen (secondary N) is 1. The Labute approximate surface area is 216 Å². The smallest absolute Gasteiger partial charge is 0.270 e. The highest BCUT2D eigenvalue weighted by atomic mass is 35.5. The minimum absolute atomic E-state index is 0.0863. The third kappa shape index (κ3) is 5.10. The van der Waals surface area contributed by atoms with Gasteiger partial charge in [-0.15, -0.1) is 11.3 Å². The lowest BCUT2D eigenvalue weighted by Gasteiger charge is -2.12. The van der Waals surface area contributed by atoms with Gasteiger partial charge in [-0.25, -0.2) is 4.99 Å². The molecule has 5 rings (SSSR count). The second-order valence-electron chi connectivity index (χ2n) is 8.44. The van der Waals surface area contributed by atoms with E-state index in [2.05, 4.69) is 10.3 Å². The predicted octanol–water partition coefficient (Wildman–Crippen LogP) is 7.13. The molecule has 182 valence electrons. The monoisotopic (exact) mass is 519 g/mol. The first-order valence-corrected chi connectivity index (χ1v) is 12.7. The molecule has 0 unspecified atom stereocenters. The SMILES string of the molecule is O=C(NCc1ccccc1)c1c(/N=C\c2ccc(-c3ccc([N+](=O)[O-])cc3Cl)o2)sc2c1CCCC2. The van der Waals surface area contributed by atoms with E-state index in [-0.39, 0.29) is 16.6 Å². The number of aliphatic imine (C=N–C) groups is 1. The molecule has 1 amide bonds. The van der Waals surface area contributed by atoms with E-state index >= 15 is 0 Å². The number of nitro groups is 1. The number of hydrogen-bond donors (Lipinski definition) is 1. The maximum absolute atomic E-state index is 13.2. The Morgan fingerprint density at radius 1 is 1.14 bits per heavy atom. The van der Waals surface area contributed by atoms with Crippen molar-refractivity contribution in [1.82, 2.24) is 5.32 Å².